The summed E-state index contributed by atoms with van der Waals surface area (Å²) in [5, 5.41) is 0. The van der Waals surface area contributed by atoms with Crippen LogP contribution in [-0.4, -0.2) is 12.1 Å². The first kappa shape index (κ1) is 12.6. The minimum atomic E-state index is 0.429. The van der Waals surface area contributed by atoms with Crippen LogP contribution in [-0.2, 0) is 11.3 Å². The second kappa shape index (κ2) is 6.77. The average molecular weight is 233 g/mol. The van der Waals surface area contributed by atoms with Gasteiger partial charge in [0, 0.05) is 6.04 Å². The molecule has 0 heterocycles. The number of rotatable bonds is 6. The molecule has 1 atom stereocenters. The van der Waals surface area contributed by atoms with Crippen LogP contribution in [0.25, 0.3) is 0 Å². The Hall–Kier alpha value is -0.860. The van der Waals surface area contributed by atoms with Crippen molar-refractivity contribution in [1.29, 1.82) is 0 Å². The Balaban J connectivity index is 1.76. The van der Waals surface area contributed by atoms with E-state index in [1.165, 1.54) is 31.2 Å². The van der Waals surface area contributed by atoms with Gasteiger partial charge in [0.15, 0.2) is 0 Å². The van der Waals surface area contributed by atoms with E-state index in [0.717, 1.165) is 12.8 Å². The van der Waals surface area contributed by atoms with Crippen LogP contribution in [0.3, 0.4) is 0 Å². The fourth-order valence-corrected chi connectivity index (χ4v) is 2.37. The van der Waals surface area contributed by atoms with Gasteiger partial charge in [0.2, 0.25) is 0 Å². The average Bonchev–Trinajstić information content (AvgIpc) is 2.89. The van der Waals surface area contributed by atoms with Crippen LogP contribution < -0.4 is 5.48 Å². The van der Waals surface area contributed by atoms with Crippen LogP contribution in [0.15, 0.2) is 30.3 Å². The molecule has 94 valence electrons. The summed E-state index contributed by atoms with van der Waals surface area (Å²) >= 11 is 0. The van der Waals surface area contributed by atoms with Gasteiger partial charge in [0.25, 0.3) is 0 Å². The molecule has 0 aromatic heterocycles. The highest BCUT2D eigenvalue weighted by Crippen LogP contribution is 2.20. The molecule has 0 saturated heterocycles. The first-order valence-corrected chi connectivity index (χ1v) is 6.83. The lowest BCUT2D eigenvalue weighted by atomic mass is 10.1. The maximum Gasteiger partial charge on any atom is 0.0790 e. The lowest BCUT2D eigenvalue weighted by Gasteiger charge is -2.19. The molecule has 1 aliphatic carbocycles. The number of hydroxylamine groups is 1. The summed E-state index contributed by atoms with van der Waals surface area (Å²) in [5.74, 6) is 0. The minimum absolute atomic E-state index is 0.429. The molecule has 2 nitrogen and oxygen atoms in total. The third-order valence-electron chi connectivity index (χ3n) is 3.52. The zero-order valence-corrected chi connectivity index (χ0v) is 10.7. The van der Waals surface area contributed by atoms with Gasteiger partial charge >= 0.3 is 0 Å². The molecule has 1 saturated carbocycles. The number of hydrogen-bond donors (Lipinski definition) is 1. The van der Waals surface area contributed by atoms with Gasteiger partial charge in [-0.3, -0.25) is 4.84 Å². The summed E-state index contributed by atoms with van der Waals surface area (Å²) in [7, 11) is 0. The monoisotopic (exact) mass is 233 g/mol. The van der Waals surface area contributed by atoms with Gasteiger partial charge < -0.3 is 0 Å². The van der Waals surface area contributed by atoms with Crippen LogP contribution in [0, 0.1) is 0 Å². The Morgan fingerprint density at radius 1 is 1.24 bits per heavy atom. The maximum absolute atomic E-state index is 5.78. The Labute approximate surface area is 104 Å². The summed E-state index contributed by atoms with van der Waals surface area (Å²) in [6.45, 7) is 2.21. The Kier molecular flexibility index (Phi) is 5.02. The highest BCUT2D eigenvalue weighted by atomic mass is 16.7. The summed E-state index contributed by atoms with van der Waals surface area (Å²) in [5.41, 5.74) is 4.64. The van der Waals surface area contributed by atoms with Crippen molar-refractivity contribution < 1.29 is 4.84 Å². The van der Waals surface area contributed by atoms with Gasteiger partial charge in [-0.1, -0.05) is 50.1 Å². The highest BCUT2D eigenvalue weighted by Gasteiger charge is 2.17. The number of hydrogen-bond acceptors (Lipinski definition) is 2. The summed E-state index contributed by atoms with van der Waals surface area (Å²) in [4.78, 5) is 5.78. The largest absolute Gasteiger partial charge is 0.298 e. The third kappa shape index (κ3) is 4.14. The van der Waals surface area contributed by atoms with Crippen molar-refractivity contribution >= 4 is 0 Å². The molecule has 1 aliphatic rings. The fraction of sp³-hybridized carbons (Fsp3) is 0.600. The van der Waals surface area contributed by atoms with Crippen molar-refractivity contribution in [3.63, 3.8) is 0 Å². The van der Waals surface area contributed by atoms with E-state index in [-0.39, 0.29) is 0 Å². The molecule has 17 heavy (non-hydrogen) atoms. The van der Waals surface area contributed by atoms with Gasteiger partial charge in [0.05, 0.1) is 6.10 Å². The van der Waals surface area contributed by atoms with Gasteiger partial charge in [0.1, 0.15) is 0 Å². The molecule has 1 N–H and O–H groups in total. The smallest absolute Gasteiger partial charge is 0.0790 e. The van der Waals surface area contributed by atoms with E-state index >= 15 is 0 Å². The highest BCUT2D eigenvalue weighted by molar-refractivity contribution is 5.15. The molecule has 0 aliphatic heterocycles. The van der Waals surface area contributed by atoms with Crippen molar-refractivity contribution in [2.45, 2.75) is 57.6 Å². The standard InChI is InChI=1S/C15H23NO/c1-2-14(12-13-8-4-3-5-9-13)16-17-15-10-6-7-11-15/h3-5,8-9,14-16H,2,6-7,10-12H2,1H3. The van der Waals surface area contributed by atoms with Crippen LogP contribution in [0.5, 0.6) is 0 Å². The summed E-state index contributed by atoms with van der Waals surface area (Å²) in [6.07, 6.45) is 7.67. The molecular formula is C15H23NO. The lowest BCUT2D eigenvalue weighted by Crippen LogP contribution is -2.33. The number of benzene rings is 1. The van der Waals surface area contributed by atoms with Gasteiger partial charge in [-0.2, -0.15) is 5.48 Å². The topological polar surface area (TPSA) is 21.3 Å². The van der Waals surface area contributed by atoms with Crippen molar-refractivity contribution in [3.05, 3.63) is 35.9 Å². The lowest BCUT2D eigenvalue weighted by molar-refractivity contribution is -0.0406. The van der Waals surface area contributed by atoms with E-state index in [1.807, 2.05) is 0 Å². The molecule has 2 rings (SSSR count). The normalized spacial score (nSPS) is 18.4. The SMILES string of the molecule is CCC(Cc1ccccc1)NOC1CCCC1. The quantitative estimate of drug-likeness (QED) is 0.760. The van der Waals surface area contributed by atoms with Crippen molar-refractivity contribution in [1.82, 2.24) is 5.48 Å². The van der Waals surface area contributed by atoms with Crippen molar-refractivity contribution in [3.8, 4) is 0 Å². The Morgan fingerprint density at radius 2 is 1.94 bits per heavy atom. The van der Waals surface area contributed by atoms with Gasteiger partial charge in [-0.25, -0.2) is 0 Å². The molecule has 1 fully saturated rings. The molecule has 0 bridgehead atoms. The minimum Gasteiger partial charge on any atom is -0.298 e. The molecule has 0 amide bonds. The molecule has 1 aromatic carbocycles. The van der Waals surface area contributed by atoms with Crippen molar-refractivity contribution in [2.75, 3.05) is 0 Å². The van der Waals surface area contributed by atoms with E-state index in [1.54, 1.807) is 0 Å². The number of nitrogens with one attached hydrogen (secondary N) is 1. The molecular weight excluding hydrogens is 210 g/mol. The van der Waals surface area contributed by atoms with E-state index in [4.69, 9.17) is 4.84 Å². The van der Waals surface area contributed by atoms with Crippen LogP contribution in [0.2, 0.25) is 0 Å². The van der Waals surface area contributed by atoms with Crippen LogP contribution >= 0.6 is 0 Å². The van der Waals surface area contributed by atoms with Gasteiger partial charge in [-0.15, -0.1) is 0 Å². The molecule has 2 heteroatoms. The van der Waals surface area contributed by atoms with E-state index in [2.05, 4.69) is 42.7 Å². The maximum atomic E-state index is 5.78. The molecule has 1 aromatic rings. The summed E-state index contributed by atoms with van der Waals surface area (Å²) < 4.78 is 0. The zero-order valence-electron chi connectivity index (χ0n) is 10.7. The van der Waals surface area contributed by atoms with E-state index < -0.39 is 0 Å². The zero-order chi connectivity index (χ0) is 11.9. The fourth-order valence-electron chi connectivity index (χ4n) is 2.37. The Morgan fingerprint density at radius 3 is 2.59 bits per heavy atom. The molecule has 0 radical (unpaired) electrons. The Bertz CT molecular complexity index is 306. The first-order valence-electron chi connectivity index (χ1n) is 6.83. The molecule has 0 spiro atoms. The predicted octanol–water partition coefficient (Wildman–Crippen LogP) is 3.47. The predicted molar refractivity (Wildman–Crippen MR) is 70.7 cm³/mol. The second-order valence-corrected chi connectivity index (χ2v) is 4.94. The van der Waals surface area contributed by atoms with Crippen molar-refractivity contribution in [2.24, 2.45) is 0 Å². The van der Waals surface area contributed by atoms with Crippen LogP contribution in [0.1, 0.15) is 44.6 Å². The van der Waals surface area contributed by atoms with E-state index in [0.29, 0.717) is 12.1 Å². The molecule has 1 unspecified atom stereocenters. The van der Waals surface area contributed by atoms with Crippen LogP contribution in [0.4, 0.5) is 0 Å². The second-order valence-electron chi connectivity index (χ2n) is 4.94. The van der Waals surface area contributed by atoms with E-state index in [9.17, 15) is 0 Å². The first-order chi connectivity index (χ1) is 8.38. The third-order valence-corrected chi connectivity index (χ3v) is 3.52. The summed E-state index contributed by atoms with van der Waals surface area (Å²) in [6, 6.07) is 11.0. The van der Waals surface area contributed by atoms with Gasteiger partial charge in [-0.05, 0) is 31.2 Å².